The molecule has 0 aliphatic carbocycles. The van der Waals surface area contributed by atoms with Crippen LogP contribution in [0.15, 0.2) is 17.5 Å². The van der Waals surface area contributed by atoms with Crippen molar-refractivity contribution in [2.75, 3.05) is 26.2 Å². The van der Waals surface area contributed by atoms with Crippen LogP contribution in [-0.2, 0) is 0 Å². The van der Waals surface area contributed by atoms with E-state index in [4.69, 9.17) is 5.11 Å². The lowest BCUT2D eigenvalue weighted by molar-refractivity contribution is 0.198. The molecule has 0 aromatic carbocycles. The summed E-state index contributed by atoms with van der Waals surface area (Å²) in [7, 11) is 0. The van der Waals surface area contributed by atoms with Crippen molar-refractivity contribution in [3.63, 3.8) is 0 Å². The number of hydrogen-bond acceptors (Lipinski definition) is 4. The minimum atomic E-state index is -0.353. The van der Waals surface area contributed by atoms with Crippen molar-refractivity contribution in [2.24, 2.45) is 0 Å². The van der Waals surface area contributed by atoms with Crippen LogP contribution >= 0.6 is 11.3 Å². The van der Waals surface area contributed by atoms with Crippen LogP contribution < -0.4 is 10.6 Å². The van der Waals surface area contributed by atoms with Crippen LogP contribution in [0, 0.1) is 0 Å². The zero-order chi connectivity index (χ0) is 14.4. The van der Waals surface area contributed by atoms with Gasteiger partial charge < -0.3 is 15.7 Å². The van der Waals surface area contributed by atoms with Crippen molar-refractivity contribution in [1.82, 2.24) is 15.5 Å². The lowest BCUT2D eigenvalue weighted by atomic mass is 10.00. The molecule has 1 fully saturated rings. The normalized spacial score (nSPS) is 16.1. The van der Waals surface area contributed by atoms with E-state index in [1.807, 2.05) is 17.5 Å². The number of nitrogens with one attached hydrogen (secondary N) is 2. The molecule has 2 heterocycles. The predicted octanol–water partition coefficient (Wildman–Crippen LogP) is 1.34. The highest BCUT2D eigenvalue weighted by Gasteiger charge is 2.25. The minimum absolute atomic E-state index is 0.130. The quantitative estimate of drug-likeness (QED) is 0.741. The number of carbonyl (C=O) groups excluding carboxylic acids is 2. The van der Waals surface area contributed by atoms with Gasteiger partial charge in [-0.05, 0) is 30.2 Å². The fourth-order valence-electron chi connectivity index (χ4n) is 2.22. The summed E-state index contributed by atoms with van der Waals surface area (Å²) in [5.41, 5.74) is 0. The minimum Gasteiger partial charge on any atom is -0.396 e. The molecule has 6 nitrogen and oxygen atoms in total. The summed E-state index contributed by atoms with van der Waals surface area (Å²) in [6.45, 7) is 1.54. The summed E-state index contributed by atoms with van der Waals surface area (Å²) in [5, 5.41) is 16.5. The lowest BCUT2D eigenvalue weighted by Crippen LogP contribution is -2.42. The van der Waals surface area contributed by atoms with Crippen molar-refractivity contribution in [3.8, 4) is 0 Å². The molecule has 1 aliphatic rings. The fraction of sp³-hybridized carbons (Fsp3) is 0.538. The van der Waals surface area contributed by atoms with Gasteiger partial charge in [0.15, 0.2) is 0 Å². The first-order valence-corrected chi connectivity index (χ1v) is 7.58. The van der Waals surface area contributed by atoms with E-state index < -0.39 is 0 Å². The maximum absolute atomic E-state index is 11.8. The van der Waals surface area contributed by atoms with E-state index in [0.29, 0.717) is 26.1 Å². The van der Waals surface area contributed by atoms with Gasteiger partial charge in [-0.25, -0.2) is 14.5 Å². The highest BCUT2D eigenvalue weighted by Crippen LogP contribution is 2.26. The topological polar surface area (TPSA) is 81.7 Å². The number of imide groups is 1. The molecule has 0 unspecified atom stereocenters. The van der Waals surface area contributed by atoms with Crippen LogP contribution in [0.5, 0.6) is 0 Å². The van der Waals surface area contributed by atoms with Crippen molar-refractivity contribution in [3.05, 3.63) is 22.4 Å². The van der Waals surface area contributed by atoms with Gasteiger partial charge in [0, 0.05) is 31.1 Å². The smallest absolute Gasteiger partial charge is 0.325 e. The number of aliphatic hydroxyl groups excluding tert-OH is 1. The predicted molar refractivity (Wildman–Crippen MR) is 76.9 cm³/mol. The zero-order valence-corrected chi connectivity index (χ0v) is 12.0. The van der Waals surface area contributed by atoms with Gasteiger partial charge in [-0.3, -0.25) is 0 Å². The Bertz CT molecular complexity index is 450. The van der Waals surface area contributed by atoms with Gasteiger partial charge in [0.25, 0.3) is 0 Å². The number of rotatable bonds is 6. The molecular formula is C13H19N3O3S. The number of hydrogen-bond donors (Lipinski definition) is 3. The molecule has 1 aliphatic heterocycles. The maximum Gasteiger partial charge on any atom is 0.325 e. The second-order valence-corrected chi connectivity index (χ2v) is 5.61. The molecule has 20 heavy (non-hydrogen) atoms. The number of nitrogens with zero attached hydrogens (tertiary/aromatic N) is 1. The highest BCUT2D eigenvalue weighted by atomic mass is 32.1. The molecule has 7 heteroatoms. The summed E-state index contributed by atoms with van der Waals surface area (Å²) in [4.78, 5) is 25.5. The van der Waals surface area contributed by atoms with E-state index in [1.165, 1.54) is 9.78 Å². The van der Waals surface area contributed by atoms with Crippen molar-refractivity contribution in [1.29, 1.82) is 0 Å². The Morgan fingerprint density at radius 1 is 1.55 bits per heavy atom. The SMILES string of the molecule is O=C(NCC[C@@H](CCO)c1cccs1)N1CCNC1=O. The summed E-state index contributed by atoms with van der Waals surface area (Å²) < 4.78 is 0. The second-order valence-electron chi connectivity index (χ2n) is 4.63. The Morgan fingerprint density at radius 2 is 2.40 bits per heavy atom. The molecule has 0 spiro atoms. The number of thiophene rings is 1. The van der Waals surface area contributed by atoms with Crippen LogP contribution in [0.1, 0.15) is 23.6 Å². The Labute approximate surface area is 121 Å². The second kappa shape index (κ2) is 7.25. The molecule has 2 rings (SSSR count). The standard InChI is InChI=1S/C13H19N3O3S/c17-8-4-10(11-2-1-9-20-11)3-5-14-12(18)16-7-6-15-13(16)19/h1-2,9-10,17H,3-8H2,(H,14,18)(H,15,19)/t10-/m0/s1. The van der Waals surface area contributed by atoms with E-state index >= 15 is 0 Å². The van der Waals surface area contributed by atoms with E-state index in [-0.39, 0.29) is 24.6 Å². The largest absolute Gasteiger partial charge is 0.396 e. The van der Waals surface area contributed by atoms with Crippen LogP contribution in [0.3, 0.4) is 0 Å². The average Bonchev–Trinajstić information content (AvgIpc) is 3.08. The van der Waals surface area contributed by atoms with Crippen molar-refractivity contribution < 1.29 is 14.7 Å². The first-order chi connectivity index (χ1) is 9.72. The first kappa shape index (κ1) is 14.8. The molecule has 110 valence electrons. The first-order valence-electron chi connectivity index (χ1n) is 6.70. The molecule has 4 amide bonds. The van der Waals surface area contributed by atoms with Gasteiger partial charge >= 0.3 is 12.1 Å². The van der Waals surface area contributed by atoms with Gasteiger partial charge in [0.1, 0.15) is 0 Å². The number of urea groups is 2. The zero-order valence-electron chi connectivity index (χ0n) is 11.2. The molecule has 3 N–H and O–H groups in total. The molecule has 1 atom stereocenters. The molecule has 0 bridgehead atoms. The highest BCUT2D eigenvalue weighted by molar-refractivity contribution is 7.10. The summed E-state index contributed by atoms with van der Waals surface area (Å²) in [6, 6.07) is 3.33. The third-order valence-corrected chi connectivity index (χ3v) is 4.33. The average molecular weight is 297 g/mol. The Kier molecular flexibility index (Phi) is 5.37. The lowest BCUT2D eigenvalue weighted by Gasteiger charge is -2.17. The molecule has 1 aromatic heterocycles. The number of aliphatic hydroxyl groups is 1. The Morgan fingerprint density at radius 3 is 3.00 bits per heavy atom. The van der Waals surface area contributed by atoms with Crippen LogP contribution in [0.4, 0.5) is 9.59 Å². The number of carbonyl (C=O) groups is 2. The molecule has 1 saturated heterocycles. The summed E-state index contributed by atoms with van der Waals surface area (Å²) >= 11 is 1.66. The fourth-order valence-corrected chi connectivity index (χ4v) is 3.12. The number of amides is 4. The Hall–Kier alpha value is -1.60. The molecule has 0 radical (unpaired) electrons. The van der Waals surface area contributed by atoms with E-state index in [0.717, 1.165) is 6.42 Å². The summed E-state index contributed by atoms with van der Waals surface area (Å²) in [6.07, 6.45) is 1.43. The third-order valence-electron chi connectivity index (χ3n) is 3.29. The van der Waals surface area contributed by atoms with Gasteiger partial charge in [-0.15, -0.1) is 11.3 Å². The third kappa shape index (κ3) is 3.71. The van der Waals surface area contributed by atoms with E-state index in [1.54, 1.807) is 11.3 Å². The molecule has 0 saturated carbocycles. The van der Waals surface area contributed by atoms with Gasteiger partial charge in [-0.2, -0.15) is 0 Å². The Balaban J connectivity index is 1.78. The summed E-state index contributed by atoms with van der Waals surface area (Å²) in [5.74, 6) is 0.243. The van der Waals surface area contributed by atoms with Gasteiger partial charge in [0.05, 0.1) is 0 Å². The van der Waals surface area contributed by atoms with Crippen LogP contribution in [0.25, 0.3) is 0 Å². The monoisotopic (exact) mass is 297 g/mol. The van der Waals surface area contributed by atoms with Crippen molar-refractivity contribution >= 4 is 23.4 Å². The van der Waals surface area contributed by atoms with E-state index in [9.17, 15) is 9.59 Å². The van der Waals surface area contributed by atoms with Gasteiger partial charge in [0.2, 0.25) is 0 Å². The molecule has 1 aromatic rings. The maximum atomic E-state index is 11.8. The van der Waals surface area contributed by atoms with Gasteiger partial charge in [-0.1, -0.05) is 6.07 Å². The molecular weight excluding hydrogens is 278 g/mol. The van der Waals surface area contributed by atoms with Crippen LogP contribution in [-0.4, -0.2) is 48.3 Å². The van der Waals surface area contributed by atoms with Crippen molar-refractivity contribution in [2.45, 2.75) is 18.8 Å². The van der Waals surface area contributed by atoms with Crippen LogP contribution in [0.2, 0.25) is 0 Å². The van der Waals surface area contributed by atoms with E-state index in [2.05, 4.69) is 10.6 Å².